The van der Waals surface area contributed by atoms with Gasteiger partial charge in [0.15, 0.2) is 0 Å². The molecule has 3 fully saturated rings. The van der Waals surface area contributed by atoms with E-state index in [1.165, 1.54) is 64.8 Å². The van der Waals surface area contributed by atoms with Crippen molar-refractivity contribution < 1.29 is 4.74 Å². The zero-order chi connectivity index (χ0) is 13.8. The van der Waals surface area contributed by atoms with Crippen LogP contribution in [0.4, 0.5) is 0 Å². The lowest BCUT2D eigenvalue weighted by atomic mass is 9.95. The van der Waals surface area contributed by atoms with E-state index in [0.29, 0.717) is 12.0 Å². The highest BCUT2D eigenvalue weighted by atomic mass is 16.5. The lowest BCUT2D eigenvalue weighted by Crippen LogP contribution is -2.53. The summed E-state index contributed by atoms with van der Waals surface area (Å²) in [7, 11) is 2.10. The molecule has 2 heterocycles. The van der Waals surface area contributed by atoms with Crippen LogP contribution in [0.25, 0.3) is 0 Å². The molecule has 0 spiro atoms. The van der Waals surface area contributed by atoms with E-state index in [9.17, 15) is 0 Å². The quantitative estimate of drug-likeness (QED) is 0.837. The number of hydrogen-bond acceptors (Lipinski definition) is 4. The van der Waals surface area contributed by atoms with E-state index >= 15 is 0 Å². The van der Waals surface area contributed by atoms with Gasteiger partial charge in [-0.1, -0.05) is 12.8 Å². The minimum atomic E-state index is 0.650. The van der Waals surface area contributed by atoms with Crippen molar-refractivity contribution in [1.82, 2.24) is 15.1 Å². The maximum absolute atomic E-state index is 5.68. The fourth-order valence-corrected chi connectivity index (χ4v) is 4.27. The van der Waals surface area contributed by atoms with Gasteiger partial charge in [-0.15, -0.1) is 0 Å². The molecular weight excluding hydrogens is 250 g/mol. The Labute approximate surface area is 123 Å². The van der Waals surface area contributed by atoms with E-state index in [-0.39, 0.29) is 0 Å². The topological polar surface area (TPSA) is 27.7 Å². The fourth-order valence-electron chi connectivity index (χ4n) is 4.27. The first kappa shape index (κ1) is 14.8. The second kappa shape index (κ2) is 7.21. The molecule has 1 aliphatic carbocycles. The van der Waals surface area contributed by atoms with Crippen LogP contribution in [-0.2, 0) is 4.74 Å². The van der Waals surface area contributed by atoms with Crippen LogP contribution in [0.3, 0.4) is 0 Å². The van der Waals surface area contributed by atoms with Crippen LogP contribution in [0, 0.1) is 5.92 Å². The molecule has 116 valence electrons. The van der Waals surface area contributed by atoms with Gasteiger partial charge >= 0.3 is 0 Å². The van der Waals surface area contributed by atoms with E-state index in [0.717, 1.165) is 19.3 Å². The molecular formula is C16H31N3O. The van der Waals surface area contributed by atoms with Crippen LogP contribution in [0.5, 0.6) is 0 Å². The third-order valence-corrected chi connectivity index (χ3v) is 5.59. The molecule has 0 aromatic heterocycles. The summed E-state index contributed by atoms with van der Waals surface area (Å²) in [6.45, 7) is 8.15. The Balaban J connectivity index is 1.43. The van der Waals surface area contributed by atoms with Crippen LogP contribution in [-0.4, -0.2) is 74.9 Å². The molecule has 4 nitrogen and oxygen atoms in total. The van der Waals surface area contributed by atoms with Crippen LogP contribution >= 0.6 is 0 Å². The van der Waals surface area contributed by atoms with Gasteiger partial charge in [0, 0.05) is 57.3 Å². The van der Waals surface area contributed by atoms with Gasteiger partial charge in [-0.25, -0.2) is 0 Å². The van der Waals surface area contributed by atoms with E-state index in [1.54, 1.807) is 0 Å². The number of hydrogen-bond donors (Lipinski definition) is 1. The van der Waals surface area contributed by atoms with Gasteiger partial charge < -0.3 is 15.0 Å². The molecule has 1 N–H and O–H groups in total. The maximum Gasteiger partial charge on any atom is 0.0521 e. The molecule has 2 unspecified atom stereocenters. The van der Waals surface area contributed by atoms with Crippen molar-refractivity contribution in [3.05, 3.63) is 0 Å². The van der Waals surface area contributed by atoms with Crippen LogP contribution in [0.15, 0.2) is 0 Å². The van der Waals surface area contributed by atoms with Gasteiger partial charge in [0.25, 0.3) is 0 Å². The monoisotopic (exact) mass is 281 g/mol. The Morgan fingerprint density at radius 1 is 1.05 bits per heavy atom. The molecule has 0 amide bonds. The number of ether oxygens (including phenoxy) is 1. The summed E-state index contributed by atoms with van der Waals surface area (Å²) in [5.41, 5.74) is 0. The first-order chi connectivity index (χ1) is 9.86. The summed E-state index contributed by atoms with van der Waals surface area (Å²) in [6.07, 6.45) is 6.96. The van der Waals surface area contributed by atoms with Crippen LogP contribution in [0.2, 0.25) is 0 Å². The normalized spacial score (nSPS) is 34.6. The first-order valence-electron chi connectivity index (χ1n) is 8.58. The maximum atomic E-state index is 5.68. The summed E-state index contributed by atoms with van der Waals surface area (Å²) >= 11 is 0. The fraction of sp³-hybridized carbons (Fsp3) is 1.00. The second-order valence-electron chi connectivity index (χ2n) is 6.79. The standard InChI is InChI=1S/C16H31N3O/c1-17-16-6-11-20-13-14(16)12-18-7-9-19(10-8-18)15-4-2-3-5-15/h14-17H,2-13H2,1H3. The number of rotatable bonds is 4. The third-order valence-electron chi connectivity index (χ3n) is 5.59. The van der Waals surface area contributed by atoms with Gasteiger partial charge in [0.2, 0.25) is 0 Å². The second-order valence-corrected chi connectivity index (χ2v) is 6.79. The average Bonchev–Trinajstić information content (AvgIpc) is 3.03. The van der Waals surface area contributed by atoms with Gasteiger partial charge in [-0.05, 0) is 26.3 Å². The zero-order valence-electron chi connectivity index (χ0n) is 13.0. The predicted molar refractivity (Wildman–Crippen MR) is 82.0 cm³/mol. The van der Waals surface area contributed by atoms with Crippen molar-refractivity contribution in [1.29, 1.82) is 0 Å². The molecule has 3 aliphatic rings. The lowest BCUT2D eigenvalue weighted by molar-refractivity contribution is 0.00728. The molecule has 0 aromatic rings. The molecule has 0 aromatic carbocycles. The van der Waals surface area contributed by atoms with Crippen molar-refractivity contribution >= 4 is 0 Å². The van der Waals surface area contributed by atoms with Gasteiger partial charge in [0.05, 0.1) is 6.61 Å². The van der Waals surface area contributed by atoms with Crippen molar-refractivity contribution in [2.75, 3.05) is 53.0 Å². The van der Waals surface area contributed by atoms with Crippen molar-refractivity contribution in [3.63, 3.8) is 0 Å². The molecule has 4 heteroatoms. The first-order valence-corrected chi connectivity index (χ1v) is 8.58. The summed E-state index contributed by atoms with van der Waals surface area (Å²) < 4.78 is 5.68. The van der Waals surface area contributed by atoms with E-state index in [2.05, 4.69) is 22.2 Å². The van der Waals surface area contributed by atoms with Crippen molar-refractivity contribution in [2.45, 2.75) is 44.2 Å². The molecule has 1 saturated carbocycles. The molecule has 0 bridgehead atoms. The van der Waals surface area contributed by atoms with E-state index in [1.807, 2.05) is 0 Å². The smallest absolute Gasteiger partial charge is 0.0521 e. The van der Waals surface area contributed by atoms with Gasteiger partial charge in [-0.3, -0.25) is 4.90 Å². The summed E-state index contributed by atoms with van der Waals surface area (Å²) in [4.78, 5) is 5.41. The minimum Gasteiger partial charge on any atom is -0.381 e. The SMILES string of the molecule is CNC1CCOCC1CN1CCN(C2CCCC2)CC1. The highest BCUT2D eigenvalue weighted by molar-refractivity contribution is 4.85. The number of nitrogens with one attached hydrogen (secondary N) is 1. The molecule has 2 saturated heterocycles. The Bertz CT molecular complexity index is 285. The summed E-state index contributed by atoms with van der Waals surface area (Å²) in [5.74, 6) is 0.673. The Morgan fingerprint density at radius 3 is 2.50 bits per heavy atom. The zero-order valence-corrected chi connectivity index (χ0v) is 13.0. The average molecular weight is 281 g/mol. The van der Waals surface area contributed by atoms with Gasteiger partial charge in [-0.2, -0.15) is 0 Å². The number of nitrogens with zero attached hydrogens (tertiary/aromatic N) is 2. The van der Waals surface area contributed by atoms with Crippen LogP contribution < -0.4 is 5.32 Å². The van der Waals surface area contributed by atoms with Crippen molar-refractivity contribution in [2.24, 2.45) is 5.92 Å². The Kier molecular flexibility index (Phi) is 5.32. The van der Waals surface area contributed by atoms with E-state index < -0.39 is 0 Å². The Morgan fingerprint density at radius 2 is 1.80 bits per heavy atom. The molecule has 2 aliphatic heterocycles. The largest absolute Gasteiger partial charge is 0.381 e. The summed E-state index contributed by atoms with van der Waals surface area (Å²) in [5, 5.41) is 3.48. The van der Waals surface area contributed by atoms with Crippen LogP contribution in [0.1, 0.15) is 32.1 Å². The lowest BCUT2D eigenvalue weighted by Gasteiger charge is -2.41. The highest BCUT2D eigenvalue weighted by Gasteiger charge is 2.30. The summed E-state index contributed by atoms with van der Waals surface area (Å²) in [6, 6.07) is 1.55. The molecule has 3 rings (SSSR count). The highest BCUT2D eigenvalue weighted by Crippen LogP contribution is 2.25. The minimum absolute atomic E-state index is 0.650. The molecule has 0 radical (unpaired) electrons. The Hall–Kier alpha value is -0.160. The predicted octanol–water partition coefficient (Wildman–Crippen LogP) is 1.17. The van der Waals surface area contributed by atoms with Crippen molar-refractivity contribution in [3.8, 4) is 0 Å². The molecule has 20 heavy (non-hydrogen) atoms. The molecule has 2 atom stereocenters. The number of piperazine rings is 1. The van der Waals surface area contributed by atoms with E-state index in [4.69, 9.17) is 4.74 Å². The van der Waals surface area contributed by atoms with Gasteiger partial charge in [0.1, 0.15) is 0 Å². The third kappa shape index (κ3) is 3.53.